The molecule has 0 saturated heterocycles. The summed E-state index contributed by atoms with van der Waals surface area (Å²) in [6.45, 7) is 4.11. The van der Waals surface area contributed by atoms with Crippen molar-refractivity contribution in [3.8, 4) is 0 Å². The fraction of sp³-hybridized carbons (Fsp3) is 0.696. The van der Waals surface area contributed by atoms with E-state index < -0.39 is 38.6 Å². The van der Waals surface area contributed by atoms with E-state index in [1.54, 1.807) is 6.08 Å². The standard InChI is InChI=1S/C46H80NO9P/c1-6-8-10-12-14-15-16-17-18-19-20-21-26-30-34-38-46(50)56-44(42-55-57(51,52)54-40-39-47(3,4)5)41-53-45(49)37-33-29-25-23-22-24-28-32-36-43(48)35-31-27-13-11-9-7-2/h9,11,15-16,23-25,27-28,31-32,36,43-44,48H,6-8,10,12-14,17-22,26,29-30,33-35,37-42H2,1-5H3/p+1/b11-9-,16-15-,25-23-,28-24-,31-27-,36-32+/t43?,44-/m1/s1. The molecule has 11 heteroatoms. The first-order chi connectivity index (χ1) is 27.4. The van der Waals surface area contributed by atoms with Gasteiger partial charge >= 0.3 is 19.8 Å². The Kier molecular flexibility index (Phi) is 36.0. The van der Waals surface area contributed by atoms with Gasteiger partial charge in [0.05, 0.1) is 33.9 Å². The average Bonchev–Trinajstić information content (AvgIpc) is 3.15. The Balaban J connectivity index is 4.54. The third kappa shape index (κ3) is 41.4. The van der Waals surface area contributed by atoms with Gasteiger partial charge in [-0.1, -0.05) is 138 Å². The summed E-state index contributed by atoms with van der Waals surface area (Å²) in [5, 5.41) is 10.0. The third-order valence-electron chi connectivity index (χ3n) is 8.80. The van der Waals surface area contributed by atoms with Crippen molar-refractivity contribution in [3.05, 3.63) is 72.9 Å². The van der Waals surface area contributed by atoms with Crippen LogP contribution in [0, 0.1) is 0 Å². The van der Waals surface area contributed by atoms with Crippen molar-refractivity contribution in [2.45, 2.75) is 161 Å². The van der Waals surface area contributed by atoms with Gasteiger partial charge in [0.1, 0.15) is 19.8 Å². The Labute approximate surface area is 347 Å². The molecule has 0 aliphatic heterocycles. The maximum Gasteiger partial charge on any atom is 0.472 e. The molecule has 10 nitrogen and oxygen atoms in total. The maximum absolute atomic E-state index is 12.7. The lowest BCUT2D eigenvalue weighted by Gasteiger charge is -2.24. The fourth-order valence-corrected chi connectivity index (χ4v) is 6.10. The number of carbonyl (C=O) groups is 2. The molecule has 2 unspecified atom stereocenters. The topological polar surface area (TPSA) is 129 Å². The molecule has 0 bridgehead atoms. The predicted octanol–water partition coefficient (Wildman–Crippen LogP) is 11.2. The number of nitrogens with zero attached hydrogens (tertiary/aromatic N) is 1. The lowest BCUT2D eigenvalue weighted by Crippen LogP contribution is -2.37. The molecule has 0 aromatic carbocycles. The summed E-state index contributed by atoms with van der Waals surface area (Å²) in [6, 6.07) is 0. The molecule has 57 heavy (non-hydrogen) atoms. The summed E-state index contributed by atoms with van der Waals surface area (Å²) in [4.78, 5) is 35.3. The molecule has 0 heterocycles. The summed E-state index contributed by atoms with van der Waals surface area (Å²) in [5.41, 5.74) is 0. The monoisotopic (exact) mass is 823 g/mol. The van der Waals surface area contributed by atoms with Gasteiger partial charge in [-0.05, 0) is 70.6 Å². The van der Waals surface area contributed by atoms with Gasteiger partial charge in [-0.3, -0.25) is 18.6 Å². The first kappa shape index (κ1) is 54.4. The van der Waals surface area contributed by atoms with E-state index in [-0.39, 0.29) is 26.1 Å². The number of ether oxygens (including phenoxy) is 2. The number of carbonyl (C=O) groups excluding carboxylic acids is 2. The highest BCUT2D eigenvalue weighted by atomic mass is 31.2. The number of rotatable bonds is 38. The summed E-state index contributed by atoms with van der Waals surface area (Å²) in [6.07, 6.45) is 42.7. The van der Waals surface area contributed by atoms with Crippen molar-refractivity contribution in [1.82, 2.24) is 0 Å². The van der Waals surface area contributed by atoms with Crippen molar-refractivity contribution in [1.29, 1.82) is 0 Å². The van der Waals surface area contributed by atoms with E-state index in [9.17, 15) is 24.2 Å². The SMILES string of the molecule is CC/C=C\C/C=C\CC(O)/C=C/C=C\C/C=C\CCCC(=O)OC[C@H](COP(=O)(O)OCC[N+](C)(C)C)OC(=O)CCCCCCCCC/C=C\CCCCCC. The molecule has 0 spiro atoms. The third-order valence-corrected chi connectivity index (χ3v) is 9.79. The lowest BCUT2D eigenvalue weighted by atomic mass is 10.1. The van der Waals surface area contributed by atoms with E-state index >= 15 is 0 Å². The smallest absolute Gasteiger partial charge is 0.462 e. The lowest BCUT2D eigenvalue weighted by molar-refractivity contribution is -0.870. The van der Waals surface area contributed by atoms with Gasteiger partial charge in [0, 0.05) is 12.8 Å². The number of esters is 2. The van der Waals surface area contributed by atoms with Crippen LogP contribution >= 0.6 is 7.82 Å². The van der Waals surface area contributed by atoms with Crippen molar-refractivity contribution < 1.29 is 47.2 Å². The predicted molar refractivity (Wildman–Crippen MR) is 235 cm³/mol. The number of aliphatic hydroxyl groups excluding tert-OH is 1. The van der Waals surface area contributed by atoms with Gasteiger partial charge in [-0.2, -0.15) is 0 Å². The molecular formula is C46H81NO9P+. The molecule has 0 radical (unpaired) electrons. The molecular weight excluding hydrogens is 741 g/mol. The summed E-state index contributed by atoms with van der Waals surface area (Å²) in [5.74, 6) is -0.918. The number of unbranched alkanes of at least 4 members (excludes halogenated alkanes) is 12. The van der Waals surface area contributed by atoms with Gasteiger partial charge in [0.15, 0.2) is 6.10 Å². The number of phosphoric acid groups is 1. The molecule has 0 rings (SSSR count). The average molecular weight is 823 g/mol. The summed E-state index contributed by atoms with van der Waals surface area (Å²) in [7, 11) is 1.40. The molecule has 0 aliphatic rings. The van der Waals surface area contributed by atoms with Crippen LogP contribution in [0.25, 0.3) is 0 Å². The quantitative estimate of drug-likeness (QED) is 0.0156. The van der Waals surface area contributed by atoms with E-state index in [1.165, 1.54) is 51.4 Å². The van der Waals surface area contributed by atoms with Crippen LogP contribution in [0.1, 0.15) is 149 Å². The van der Waals surface area contributed by atoms with Crippen LogP contribution in [0.15, 0.2) is 72.9 Å². The highest BCUT2D eigenvalue weighted by Crippen LogP contribution is 2.43. The van der Waals surface area contributed by atoms with Crippen LogP contribution < -0.4 is 0 Å². The number of quaternary nitrogens is 1. The molecule has 0 aliphatic carbocycles. The zero-order valence-corrected chi connectivity index (χ0v) is 37.3. The second kappa shape index (κ2) is 37.7. The fourth-order valence-electron chi connectivity index (χ4n) is 5.36. The van der Waals surface area contributed by atoms with Crippen molar-refractivity contribution in [2.75, 3.05) is 47.5 Å². The first-order valence-corrected chi connectivity index (χ1v) is 23.3. The number of aliphatic hydroxyl groups is 1. The van der Waals surface area contributed by atoms with Gasteiger partial charge in [-0.25, -0.2) is 4.57 Å². The number of phosphoric ester groups is 1. The summed E-state index contributed by atoms with van der Waals surface area (Å²) < 4.78 is 34.2. The highest BCUT2D eigenvalue weighted by molar-refractivity contribution is 7.47. The molecule has 3 atom stereocenters. The van der Waals surface area contributed by atoms with Crippen LogP contribution in [-0.4, -0.2) is 86.1 Å². The molecule has 0 saturated carbocycles. The minimum Gasteiger partial charge on any atom is -0.462 e. The second-order valence-electron chi connectivity index (χ2n) is 15.5. The largest absolute Gasteiger partial charge is 0.472 e. The molecule has 0 amide bonds. The molecule has 0 aromatic heterocycles. The number of allylic oxidation sites excluding steroid dienone is 10. The molecule has 328 valence electrons. The Morgan fingerprint density at radius 1 is 0.649 bits per heavy atom. The first-order valence-electron chi connectivity index (χ1n) is 21.8. The normalized spacial score (nSPS) is 14.9. The Morgan fingerprint density at radius 2 is 1.23 bits per heavy atom. The van der Waals surface area contributed by atoms with E-state index in [0.717, 1.165) is 44.9 Å². The zero-order chi connectivity index (χ0) is 42.3. The number of hydrogen-bond acceptors (Lipinski definition) is 8. The van der Waals surface area contributed by atoms with Gasteiger partial charge in [0.25, 0.3) is 0 Å². The van der Waals surface area contributed by atoms with Crippen LogP contribution in [-0.2, 0) is 32.7 Å². The van der Waals surface area contributed by atoms with Crippen LogP contribution in [0.4, 0.5) is 0 Å². The van der Waals surface area contributed by atoms with Crippen LogP contribution in [0.5, 0.6) is 0 Å². The minimum absolute atomic E-state index is 0.00862. The van der Waals surface area contributed by atoms with Crippen molar-refractivity contribution >= 4 is 19.8 Å². The van der Waals surface area contributed by atoms with Gasteiger partial charge in [-0.15, -0.1) is 0 Å². The molecule has 0 aromatic rings. The molecule has 0 fully saturated rings. The van der Waals surface area contributed by atoms with E-state index in [0.29, 0.717) is 36.7 Å². The Morgan fingerprint density at radius 3 is 1.91 bits per heavy atom. The number of likely N-dealkylation sites (N-methyl/N-ethyl adjacent to an activating group) is 1. The maximum atomic E-state index is 12.7. The van der Waals surface area contributed by atoms with E-state index in [2.05, 4.69) is 44.2 Å². The van der Waals surface area contributed by atoms with Crippen molar-refractivity contribution in [3.63, 3.8) is 0 Å². The van der Waals surface area contributed by atoms with Crippen molar-refractivity contribution in [2.24, 2.45) is 0 Å². The Hall–Kier alpha value is -2.59. The Bertz CT molecular complexity index is 1220. The second-order valence-corrected chi connectivity index (χ2v) is 17.0. The van der Waals surface area contributed by atoms with Gasteiger partial charge in [0.2, 0.25) is 0 Å². The van der Waals surface area contributed by atoms with Crippen LogP contribution in [0.2, 0.25) is 0 Å². The zero-order valence-electron chi connectivity index (χ0n) is 36.4. The van der Waals surface area contributed by atoms with Gasteiger partial charge < -0.3 is 24.0 Å². The van der Waals surface area contributed by atoms with E-state index in [1.807, 2.05) is 57.6 Å². The van der Waals surface area contributed by atoms with E-state index in [4.69, 9.17) is 18.5 Å². The van der Waals surface area contributed by atoms with Crippen LogP contribution in [0.3, 0.4) is 0 Å². The molecule has 2 N–H and O–H groups in total. The minimum atomic E-state index is -4.40. The summed E-state index contributed by atoms with van der Waals surface area (Å²) >= 11 is 0. The number of hydrogen-bond donors (Lipinski definition) is 2. The highest BCUT2D eigenvalue weighted by Gasteiger charge is 2.27.